The average Bonchev–Trinajstić information content (AvgIpc) is 2.67. The smallest absolute Gasteiger partial charge is 0.372 e. The highest BCUT2D eigenvalue weighted by molar-refractivity contribution is 7.09. The normalized spacial score (nSPS) is 11.9. The van der Waals surface area contributed by atoms with E-state index in [2.05, 4.69) is 15.0 Å². The summed E-state index contributed by atoms with van der Waals surface area (Å²) in [5, 5.41) is 3.09. The van der Waals surface area contributed by atoms with Gasteiger partial charge in [0.2, 0.25) is 0 Å². The van der Waals surface area contributed by atoms with E-state index in [1.807, 2.05) is 0 Å². The molecule has 0 aromatic carbocycles. The maximum atomic E-state index is 11.7. The van der Waals surface area contributed by atoms with E-state index in [1.165, 1.54) is 0 Å². The van der Waals surface area contributed by atoms with Gasteiger partial charge in [0, 0.05) is 24.2 Å². The topological polar surface area (TPSA) is 34.1 Å². The van der Waals surface area contributed by atoms with Gasteiger partial charge in [-0.15, -0.1) is 11.3 Å². The minimum atomic E-state index is -4.23. The van der Waals surface area contributed by atoms with Gasteiger partial charge >= 0.3 is 6.18 Å². The SMILES string of the molecule is FC(F)(F)COCCCNCc1cncs1. The molecule has 0 saturated heterocycles. The molecule has 0 spiro atoms. The van der Waals surface area contributed by atoms with Gasteiger partial charge in [0.05, 0.1) is 5.51 Å². The van der Waals surface area contributed by atoms with Crippen molar-refractivity contribution in [1.82, 2.24) is 10.3 Å². The van der Waals surface area contributed by atoms with E-state index in [9.17, 15) is 13.2 Å². The van der Waals surface area contributed by atoms with Crippen LogP contribution in [0.15, 0.2) is 11.7 Å². The highest BCUT2D eigenvalue weighted by atomic mass is 32.1. The summed E-state index contributed by atoms with van der Waals surface area (Å²) in [7, 11) is 0. The lowest BCUT2D eigenvalue weighted by Crippen LogP contribution is -2.20. The number of nitrogens with one attached hydrogen (secondary N) is 1. The van der Waals surface area contributed by atoms with Crippen LogP contribution in [0.1, 0.15) is 11.3 Å². The van der Waals surface area contributed by atoms with Gasteiger partial charge in [-0.25, -0.2) is 0 Å². The van der Waals surface area contributed by atoms with Gasteiger partial charge in [0.15, 0.2) is 0 Å². The van der Waals surface area contributed by atoms with Crippen LogP contribution in [0.25, 0.3) is 0 Å². The number of aromatic nitrogens is 1. The Morgan fingerprint density at radius 1 is 1.44 bits per heavy atom. The van der Waals surface area contributed by atoms with Crippen molar-refractivity contribution in [3.8, 4) is 0 Å². The van der Waals surface area contributed by atoms with Gasteiger partial charge in [-0.05, 0) is 13.0 Å². The van der Waals surface area contributed by atoms with Crippen molar-refractivity contribution in [1.29, 1.82) is 0 Å². The predicted molar refractivity (Wildman–Crippen MR) is 55.3 cm³/mol. The first-order chi connectivity index (χ1) is 7.58. The third-order valence-electron chi connectivity index (χ3n) is 1.69. The Balaban J connectivity index is 1.89. The van der Waals surface area contributed by atoms with E-state index in [0.717, 1.165) is 4.88 Å². The second-order valence-electron chi connectivity index (χ2n) is 3.17. The van der Waals surface area contributed by atoms with Crippen molar-refractivity contribution < 1.29 is 17.9 Å². The third-order valence-corrected chi connectivity index (χ3v) is 2.47. The molecule has 0 aliphatic rings. The van der Waals surface area contributed by atoms with Crippen LogP contribution in [0, 0.1) is 0 Å². The molecule has 1 aromatic rings. The van der Waals surface area contributed by atoms with Crippen molar-refractivity contribution >= 4 is 11.3 Å². The average molecular weight is 254 g/mol. The summed E-state index contributed by atoms with van der Waals surface area (Å²) in [5.41, 5.74) is 1.74. The molecule has 1 aromatic heterocycles. The quantitative estimate of drug-likeness (QED) is 0.757. The zero-order valence-electron chi connectivity index (χ0n) is 8.59. The Hall–Kier alpha value is -0.660. The van der Waals surface area contributed by atoms with E-state index < -0.39 is 12.8 Å². The summed E-state index contributed by atoms with van der Waals surface area (Å²) >= 11 is 1.54. The summed E-state index contributed by atoms with van der Waals surface area (Å²) in [6, 6.07) is 0. The van der Waals surface area contributed by atoms with Crippen LogP contribution >= 0.6 is 11.3 Å². The molecule has 0 amide bonds. The number of thiazole rings is 1. The number of halogens is 3. The van der Waals surface area contributed by atoms with E-state index in [4.69, 9.17) is 0 Å². The summed E-state index contributed by atoms with van der Waals surface area (Å²) in [5.74, 6) is 0. The van der Waals surface area contributed by atoms with E-state index in [1.54, 1.807) is 23.0 Å². The lowest BCUT2D eigenvalue weighted by molar-refractivity contribution is -0.173. The minimum Gasteiger partial charge on any atom is -0.372 e. The van der Waals surface area contributed by atoms with Crippen molar-refractivity contribution in [2.75, 3.05) is 19.8 Å². The standard InChI is InChI=1S/C9H13F3N2OS/c10-9(11,12)6-15-3-1-2-13-4-8-5-14-7-16-8/h5,7,13H,1-4,6H2. The molecule has 0 unspecified atom stereocenters. The van der Waals surface area contributed by atoms with Crippen LogP contribution in [0.3, 0.4) is 0 Å². The highest BCUT2D eigenvalue weighted by Crippen LogP contribution is 2.14. The van der Waals surface area contributed by atoms with Crippen molar-refractivity contribution in [2.45, 2.75) is 19.1 Å². The van der Waals surface area contributed by atoms with Crippen LogP contribution in [0.5, 0.6) is 0 Å². The van der Waals surface area contributed by atoms with Crippen LogP contribution in [0.2, 0.25) is 0 Å². The molecule has 0 aliphatic carbocycles. The Bertz CT molecular complexity index is 277. The molecule has 7 heteroatoms. The van der Waals surface area contributed by atoms with Crippen LogP contribution in [-0.4, -0.2) is 30.9 Å². The first-order valence-electron chi connectivity index (χ1n) is 4.80. The zero-order valence-corrected chi connectivity index (χ0v) is 9.40. The monoisotopic (exact) mass is 254 g/mol. The number of alkyl halides is 3. The van der Waals surface area contributed by atoms with Crippen molar-refractivity contribution in [3.63, 3.8) is 0 Å². The van der Waals surface area contributed by atoms with Crippen molar-refractivity contribution in [2.24, 2.45) is 0 Å². The first kappa shape index (κ1) is 13.4. The van der Waals surface area contributed by atoms with Crippen molar-refractivity contribution in [3.05, 3.63) is 16.6 Å². The van der Waals surface area contributed by atoms with Gasteiger partial charge < -0.3 is 10.1 Å². The van der Waals surface area contributed by atoms with Crippen LogP contribution in [0.4, 0.5) is 13.2 Å². The van der Waals surface area contributed by atoms with Gasteiger partial charge in [-0.2, -0.15) is 13.2 Å². The molecule has 16 heavy (non-hydrogen) atoms. The molecule has 92 valence electrons. The first-order valence-corrected chi connectivity index (χ1v) is 5.68. The molecule has 0 aliphatic heterocycles. The van der Waals surface area contributed by atoms with Gasteiger partial charge in [-0.1, -0.05) is 0 Å². The predicted octanol–water partition coefficient (Wildman–Crippen LogP) is 2.20. The Morgan fingerprint density at radius 3 is 2.88 bits per heavy atom. The Kier molecular flexibility index (Phi) is 5.72. The molecular formula is C9H13F3N2OS. The second-order valence-corrected chi connectivity index (χ2v) is 4.14. The fourth-order valence-corrected chi connectivity index (χ4v) is 1.59. The summed E-state index contributed by atoms with van der Waals surface area (Å²) in [6.07, 6.45) is -1.90. The van der Waals surface area contributed by atoms with E-state index >= 15 is 0 Å². The fourth-order valence-electron chi connectivity index (χ4n) is 1.03. The minimum absolute atomic E-state index is 0.120. The number of rotatable bonds is 7. The molecule has 3 nitrogen and oxygen atoms in total. The maximum absolute atomic E-state index is 11.7. The van der Waals surface area contributed by atoms with Gasteiger partial charge in [-0.3, -0.25) is 4.98 Å². The molecule has 1 heterocycles. The maximum Gasteiger partial charge on any atom is 0.411 e. The Morgan fingerprint density at radius 2 is 2.25 bits per heavy atom. The molecule has 0 saturated carbocycles. The number of nitrogens with zero attached hydrogens (tertiary/aromatic N) is 1. The van der Waals surface area contributed by atoms with Crippen LogP contribution < -0.4 is 5.32 Å². The third kappa shape index (κ3) is 6.76. The lowest BCUT2D eigenvalue weighted by atomic mass is 10.4. The number of hydrogen-bond donors (Lipinski definition) is 1. The number of hydrogen-bond acceptors (Lipinski definition) is 4. The fraction of sp³-hybridized carbons (Fsp3) is 0.667. The van der Waals surface area contributed by atoms with Crippen LogP contribution in [-0.2, 0) is 11.3 Å². The summed E-state index contributed by atoms with van der Waals surface area (Å²) < 4.78 is 39.5. The highest BCUT2D eigenvalue weighted by Gasteiger charge is 2.27. The molecule has 0 fully saturated rings. The van der Waals surface area contributed by atoms with Gasteiger partial charge in [0.25, 0.3) is 0 Å². The second kappa shape index (κ2) is 6.82. The van der Waals surface area contributed by atoms with E-state index in [0.29, 0.717) is 19.5 Å². The molecular weight excluding hydrogens is 241 g/mol. The number of ether oxygens (including phenoxy) is 1. The molecule has 1 rings (SSSR count). The molecule has 0 atom stereocenters. The Labute approximate surface area is 95.6 Å². The van der Waals surface area contributed by atoms with Gasteiger partial charge in [0.1, 0.15) is 6.61 Å². The molecule has 0 bridgehead atoms. The summed E-state index contributed by atoms with van der Waals surface area (Å²) in [4.78, 5) is 5.01. The largest absolute Gasteiger partial charge is 0.411 e. The zero-order chi connectivity index (χ0) is 11.9. The summed E-state index contributed by atoms with van der Waals surface area (Å²) in [6.45, 7) is 0.288. The molecule has 0 radical (unpaired) electrons. The molecule has 1 N–H and O–H groups in total. The lowest BCUT2D eigenvalue weighted by Gasteiger charge is -2.07. The van der Waals surface area contributed by atoms with E-state index in [-0.39, 0.29) is 6.61 Å².